The molecule has 2 aromatic carbocycles. The number of alkyl carbamates (subject to hydrolysis) is 1. The van der Waals surface area contributed by atoms with E-state index < -0.39 is 30.4 Å². The molecule has 0 aliphatic heterocycles. The van der Waals surface area contributed by atoms with Crippen molar-refractivity contribution in [3.8, 4) is 0 Å². The molecular formula is C22H26N2O6. The first-order chi connectivity index (χ1) is 14.6. The Kier molecular flexibility index (Phi) is 8.20. The highest BCUT2D eigenvalue weighted by molar-refractivity contribution is 5.67. The maximum Gasteiger partial charge on any atom is 0.407 e. The van der Waals surface area contributed by atoms with Crippen molar-refractivity contribution in [3.05, 3.63) is 71.8 Å². The summed E-state index contributed by atoms with van der Waals surface area (Å²) < 4.78 is 5.23. The van der Waals surface area contributed by atoms with Crippen LogP contribution in [0.15, 0.2) is 65.7 Å². The third-order valence-electron chi connectivity index (χ3n) is 4.83. The van der Waals surface area contributed by atoms with Gasteiger partial charge in [0.25, 0.3) is 0 Å². The molecular weight excluding hydrogens is 388 g/mol. The van der Waals surface area contributed by atoms with E-state index in [9.17, 15) is 15.0 Å². The Morgan fingerprint density at radius 1 is 0.967 bits per heavy atom. The van der Waals surface area contributed by atoms with Gasteiger partial charge in [0, 0.05) is 6.42 Å². The lowest BCUT2D eigenvalue weighted by Gasteiger charge is -2.35. The van der Waals surface area contributed by atoms with Crippen LogP contribution in [-0.4, -0.2) is 47.0 Å². The average Bonchev–Trinajstić information content (AvgIpc) is 2.76. The van der Waals surface area contributed by atoms with E-state index in [-0.39, 0.29) is 26.1 Å². The molecule has 0 saturated heterocycles. The highest BCUT2D eigenvalue weighted by Gasteiger charge is 2.36. The zero-order chi connectivity index (χ0) is 21.2. The van der Waals surface area contributed by atoms with Crippen molar-refractivity contribution < 1.29 is 29.5 Å². The van der Waals surface area contributed by atoms with Gasteiger partial charge in [0.05, 0.1) is 24.3 Å². The van der Waals surface area contributed by atoms with E-state index in [1.165, 1.54) is 0 Å². The van der Waals surface area contributed by atoms with Crippen molar-refractivity contribution in [2.24, 2.45) is 4.99 Å². The maximum absolute atomic E-state index is 12.2. The number of benzene rings is 2. The first-order valence-electron chi connectivity index (χ1n) is 9.79. The van der Waals surface area contributed by atoms with Crippen LogP contribution in [0.5, 0.6) is 0 Å². The molecule has 8 nitrogen and oxygen atoms in total. The van der Waals surface area contributed by atoms with Gasteiger partial charge < -0.3 is 25.2 Å². The summed E-state index contributed by atoms with van der Waals surface area (Å²) in [5.41, 5.74) is 1.81. The lowest BCUT2D eigenvalue weighted by Crippen LogP contribution is -2.52. The average molecular weight is 414 g/mol. The predicted molar refractivity (Wildman–Crippen MR) is 109 cm³/mol. The first kappa shape index (κ1) is 21.8. The molecule has 160 valence electrons. The number of nitrogens with one attached hydrogen (secondary N) is 1. The third-order valence-corrected chi connectivity index (χ3v) is 4.83. The van der Waals surface area contributed by atoms with E-state index in [0.29, 0.717) is 0 Å². The number of rotatable bonds is 8. The van der Waals surface area contributed by atoms with Crippen LogP contribution < -0.4 is 5.32 Å². The second-order valence-electron chi connectivity index (χ2n) is 7.08. The van der Waals surface area contributed by atoms with Crippen molar-refractivity contribution in [2.75, 3.05) is 0 Å². The summed E-state index contributed by atoms with van der Waals surface area (Å²) in [5.74, 6) is 0. The number of carbonyl (C=O) groups is 1. The Morgan fingerprint density at radius 2 is 1.57 bits per heavy atom. The minimum atomic E-state index is -0.953. The van der Waals surface area contributed by atoms with Crippen LogP contribution in [-0.2, 0) is 27.7 Å². The summed E-state index contributed by atoms with van der Waals surface area (Å²) >= 11 is 0. The fourth-order valence-electron chi connectivity index (χ4n) is 3.19. The minimum Gasteiger partial charge on any atom is -0.445 e. The molecule has 2 aromatic rings. The summed E-state index contributed by atoms with van der Waals surface area (Å²) in [6.07, 6.45) is -1.05. The molecule has 1 amide bonds. The summed E-state index contributed by atoms with van der Waals surface area (Å²) in [6, 6.07) is 17.8. The molecule has 1 aliphatic carbocycles. The molecule has 0 heterocycles. The van der Waals surface area contributed by atoms with Crippen molar-refractivity contribution in [2.45, 2.75) is 50.3 Å². The topological polar surface area (TPSA) is 110 Å². The Balaban J connectivity index is 1.48. The molecule has 8 heteroatoms. The van der Waals surface area contributed by atoms with Gasteiger partial charge in [-0.05, 0) is 17.5 Å². The number of aliphatic hydroxyl groups excluding tert-OH is 2. The molecule has 1 saturated carbocycles. The van der Waals surface area contributed by atoms with E-state index in [4.69, 9.17) is 14.5 Å². The first-order valence-corrected chi connectivity index (χ1v) is 9.79. The SMILES string of the molecule is O=C(N[C@H]1CC(O)C(O)C[C@H]1N=COOCc1ccccc1)OCc1ccccc1. The molecule has 3 N–H and O–H groups in total. The summed E-state index contributed by atoms with van der Waals surface area (Å²) in [5, 5.41) is 22.7. The summed E-state index contributed by atoms with van der Waals surface area (Å²) in [4.78, 5) is 26.5. The van der Waals surface area contributed by atoms with Gasteiger partial charge in [0.15, 0.2) is 0 Å². The smallest absolute Gasteiger partial charge is 0.407 e. The number of ether oxygens (including phenoxy) is 1. The van der Waals surface area contributed by atoms with Crippen LogP contribution in [0.4, 0.5) is 4.79 Å². The molecule has 3 rings (SSSR count). The van der Waals surface area contributed by atoms with E-state index >= 15 is 0 Å². The number of aliphatic imine (C=N–C) groups is 1. The zero-order valence-corrected chi connectivity index (χ0v) is 16.5. The molecule has 0 aromatic heterocycles. The van der Waals surface area contributed by atoms with Gasteiger partial charge in [0.2, 0.25) is 6.40 Å². The number of amides is 1. The zero-order valence-electron chi connectivity index (χ0n) is 16.5. The van der Waals surface area contributed by atoms with Gasteiger partial charge >= 0.3 is 6.09 Å². The molecule has 2 unspecified atom stereocenters. The molecule has 30 heavy (non-hydrogen) atoms. The number of carbonyl (C=O) groups excluding carboxylic acids is 1. The normalized spacial score (nSPS) is 23.8. The van der Waals surface area contributed by atoms with Crippen molar-refractivity contribution >= 4 is 12.5 Å². The molecule has 0 bridgehead atoms. The van der Waals surface area contributed by atoms with Gasteiger partial charge in [-0.1, -0.05) is 60.7 Å². The van der Waals surface area contributed by atoms with Gasteiger partial charge in [-0.25, -0.2) is 9.79 Å². The highest BCUT2D eigenvalue weighted by atomic mass is 17.2. The lowest BCUT2D eigenvalue weighted by molar-refractivity contribution is -0.227. The van der Waals surface area contributed by atoms with Crippen molar-refractivity contribution in [1.29, 1.82) is 0 Å². The number of aliphatic hydroxyl groups is 2. The maximum atomic E-state index is 12.2. The fourth-order valence-corrected chi connectivity index (χ4v) is 3.19. The second-order valence-corrected chi connectivity index (χ2v) is 7.08. The summed E-state index contributed by atoms with van der Waals surface area (Å²) in [7, 11) is 0. The Hall–Kier alpha value is -2.94. The molecule has 4 atom stereocenters. The lowest BCUT2D eigenvalue weighted by atomic mass is 9.86. The fraction of sp³-hybridized carbons (Fsp3) is 0.364. The van der Waals surface area contributed by atoms with Crippen LogP contribution in [0, 0.1) is 0 Å². The van der Waals surface area contributed by atoms with E-state index in [0.717, 1.165) is 17.5 Å². The Morgan fingerprint density at radius 3 is 2.23 bits per heavy atom. The van der Waals surface area contributed by atoms with Crippen LogP contribution >= 0.6 is 0 Å². The van der Waals surface area contributed by atoms with Crippen molar-refractivity contribution in [1.82, 2.24) is 5.32 Å². The monoisotopic (exact) mass is 414 g/mol. The quantitative estimate of drug-likeness (QED) is 0.201. The Labute approximate surface area is 175 Å². The number of nitrogens with zero attached hydrogens (tertiary/aromatic N) is 1. The van der Waals surface area contributed by atoms with Crippen LogP contribution in [0.25, 0.3) is 0 Å². The van der Waals surface area contributed by atoms with Gasteiger partial charge in [-0.15, -0.1) is 0 Å². The van der Waals surface area contributed by atoms with Crippen LogP contribution in [0.3, 0.4) is 0 Å². The van der Waals surface area contributed by atoms with Gasteiger partial charge in [0.1, 0.15) is 13.2 Å². The largest absolute Gasteiger partial charge is 0.445 e. The van der Waals surface area contributed by atoms with E-state index in [1.807, 2.05) is 60.7 Å². The number of hydrogen-bond donors (Lipinski definition) is 3. The van der Waals surface area contributed by atoms with E-state index in [2.05, 4.69) is 10.3 Å². The highest BCUT2D eigenvalue weighted by Crippen LogP contribution is 2.22. The number of hydrogen-bond acceptors (Lipinski definition) is 7. The molecule has 1 fully saturated rings. The standard InChI is InChI=1S/C22H26N2O6/c25-20-11-18(23-15-30-29-14-17-9-5-2-6-10-17)19(12-21(20)26)24-22(27)28-13-16-7-3-1-4-8-16/h1-10,15,18-21,25-26H,11-14H2,(H,24,27)/t18-,19+,20?,21?/m1/s1. The molecule has 0 radical (unpaired) electrons. The molecule has 0 spiro atoms. The van der Waals surface area contributed by atoms with Crippen molar-refractivity contribution in [3.63, 3.8) is 0 Å². The third kappa shape index (κ3) is 6.84. The Bertz CT molecular complexity index is 802. The predicted octanol–water partition coefficient (Wildman–Crippen LogP) is 2.34. The minimum absolute atomic E-state index is 0.134. The second kappa shape index (κ2) is 11.3. The van der Waals surface area contributed by atoms with Crippen LogP contribution in [0.2, 0.25) is 0 Å². The van der Waals surface area contributed by atoms with E-state index in [1.54, 1.807) is 0 Å². The molecule has 1 aliphatic rings. The summed E-state index contributed by atoms with van der Waals surface area (Å²) in [6.45, 7) is 0.390. The van der Waals surface area contributed by atoms with Crippen LogP contribution in [0.1, 0.15) is 24.0 Å². The van der Waals surface area contributed by atoms with Gasteiger partial charge in [-0.3, -0.25) is 0 Å². The van der Waals surface area contributed by atoms with Gasteiger partial charge in [-0.2, -0.15) is 4.89 Å².